The van der Waals surface area contributed by atoms with Crippen LogP contribution in [0.1, 0.15) is 27.2 Å². The van der Waals surface area contributed by atoms with E-state index in [9.17, 15) is 0 Å². The minimum absolute atomic E-state index is 0.673. The first kappa shape index (κ1) is 13.1. The maximum Gasteiger partial charge on any atom is 0.339 e. The lowest BCUT2D eigenvalue weighted by Crippen LogP contribution is -2.43. The third kappa shape index (κ3) is 4.76. The van der Waals surface area contributed by atoms with E-state index >= 15 is 0 Å². The van der Waals surface area contributed by atoms with Crippen LogP contribution in [0, 0.1) is 0 Å². The molecule has 0 aromatic carbocycles. The number of hydrogen-bond donors (Lipinski definition) is 1. The molecule has 80 valence electrons. The summed E-state index contributed by atoms with van der Waals surface area (Å²) in [4.78, 5) is 0. The Bertz CT molecular complexity index is 92.7. The topological polar surface area (TPSA) is 44.5 Å². The van der Waals surface area contributed by atoms with Crippen LogP contribution in [0.3, 0.4) is 0 Å². The van der Waals surface area contributed by atoms with Gasteiger partial charge in [-0.15, -0.1) is 0 Å². The molecule has 2 N–H and O–H groups in total. The van der Waals surface area contributed by atoms with Crippen LogP contribution in [-0.2, 0) is 8.85 Å². The third-order valence-electron chi connectivity index (χ3n) is 1.97. The summed E-state index contributed by atoms with van der Waals surface area (Å²) < 4.78 is 11.6. The van der Waals surface area contributed by atoms with E-state index in [1.54, 1.807) is 0 Å². The molecule has 0 spiro atoms. The molecule has 0 unspecified atom stereocenters. The van der Waals surface area contributed by atoms with Crippen molar-refractivity contribution < 1.29 is 8.85 Å². The Hall–Kier alpha value is 0.0969. The Kier molecular flexibility index (Phi) is 7.55. The highest BCUT2D eigenvalue weighted by molar-refractivity contribution is 6.67. The lowest BCUT2D eigenvalue weighted by Gasteiger charge is -2.29. The molecule has 0 aromatic rings. The molecule has 0 rings (SSSR count). The van der Waals surface area contributed by atoms with Crippen molar-refractivity contribution in [3.05, 3.63) is 0 Å². The van der Waals surface area contributed by atoms with Gasteiger partial charge < -0.3 is 14.6 Å². The van der Waals surface area contributed by atoms with Crippen molar-refractivity contribution in [1.29, 1.82) is 0 Å². The summed E-state index contributed by atoms with van der Waals surface area (Å²) in [6.45, 7) is 8.36. The van der Waals surface area contributed by atoms with E-state index < -0.39 is 8.56 Å². The van der Waals surface area contributed by atoms with E-state index in [0.29, 0.717) is 6.54 Å². The summed E-state index contributed by atoms with van der Waals surface area (Å²) in [5.74, 6) is 0. The highest BCUT2D eigenvalue weighted by atomic mass is 28.4. The average molecular weight is 205 g/mol. The maximum absolute atomic E-state index is 5.79. The zero-order valence-corrected chi connectivity index (χ0v) is 10.1. The molecular weight excluding hydrogens is 182 g/mol. The van der Waals surface area contributed by atoms with Crippen molar-refractivity contribution in [2.75, 3.05) is 19.8 Å². The van der Waals surface area contributed by atoms with E-state index in [1.807, 2.05) is 13.8 Å². The fourth-order valence-electron chi connectivity index (χ4n) is 1.58. The van der Waals surface area contributed by atoms with Gasteiger partial charge in [-0.2, -0.15) is 0 Å². The summed E-state index contributed by atoms with van der Waals surface area (Å²) in [5.41, 5.74) is 5.58. The number of hydrogen-bond acceptors (Lipinski definition) is 3. The highest BCUT2D eigenvalue weighted by Gasteiger charge is 2.34. The fourth-order valence-corrected chi connectivity index (χ4v) is 4.75. The SMILES string of the molecule is CCC[Si](CCN)(OCC)OCC. The van der Waals surface area contributed by atoms with Gasteiger partial charge in [-0.3, -0.25) is 0 Å². The van der Waals surface area contributed by atoms with Crippen molar-refractivity contribution >= 4 is 8.56 Å². The van der Waals surface area contributed by atoms with Gasteiger partial charge in [-0.25, -0.2) is 0 Å². The minimum atomic E-state index is -1.92. The summed E-state index contributed by atoms with van der Waals surface area (Å²) in [6.07, 6.45) is 1.12. The molecule has 0 saturated carbocycles. The second-order valence-corrected chi connectivity index (χ2v) is 6.46. The van der Waals surface area contributed by atoms with Crippen molar-refractivity contribution in [2.24, 2.45) is 5.73 Å². The molecule has 0 aliphatic heterocycles. The smallest absolute Gasteiger partial charge is 0.339 e. The fraction of sp³-hybridized carbons (Fsp3) is 1.00. The molecular formula is C9H23NO2Si. The Morgan fingerprint density at radius 3 is 1.85 bits per heavy atom. The molecule has 0 radical (unpaired) electrons. The zero-order valence-electron chi connectivity index (χ0n) is 9.14. The van der Waals surface area contributed by atoms with Crippen LogP contribution in [0.5, 0.6) is 0 Å². The standard InChI is InChI=1S/C9H23NO2Si/c1-4-8-13(9-7-10,11-5-2)12-6-3/h4-10H2,1-3H3. The maximum atomic E-state index is 5.79. The van der Waals surface area contributed by atoms with Gasteiger partial charge in [0.2, 0.25) is 0 Å². The van der Waals surface area contributed by atoms with Crippen LogP contribution in [-0.4, -0.2) is 28.3 Å². The van der Waals surface area contributed by atoms with Crippen LogP contribution in [0.15, 0.2) is 0 Å². The predicted molar refractivity (Wildman–Crippen MR) is 58.0 cm³/mol. The molecule has 0 bridgehead atoms. The van der Waals surface area contributed by atoms with Crippen LogP contribution >= 0.6 is 0 Å². The molecule has 0 atom stereocenters. The minimum Gasteiger partial charge on any atom is -0.394 e. The molecule has 0 saturated heterocycles. The Balaban J connectivity index is 4.19. The Morgan fingerprint density at radius 1 is 1.00 bits per heavy atom. The highest BCUT2D eigenvalue weighted by Crippen LogP contribution is 2.20. The van der Waals surface area contributed by atoms with Gasteiger partial charge >= 0.3 is 8.56 Å². The predicted octanol–water partition coefficient (Wildman–Crippen LogP) is 1.87. The van der Waals surface area contributed by atoms with E-state index in [1.165, 1.54) is 0 Å². The molecule has 4 heteroatoms. The normalized spacial score (nSPS) is 12.0. The number of rotatable bonds is 8. The van der Waals surface area contributed by atoms with Gasteiger partial charge in [-0.05, 0) is 26.4 Å². The summed E-state index contributed by atoms with van der Waals surface area (Å²) in [7, 11) is -1.92. The van der Waals surface area contributed by atoms with Gasteiger partial charge in [0.1, 0.15) is 0 Å². The Morgan fingerprint density at radius 2 is 1.54 bits per heavy atom. The van der Waals surface area contributed by atoms with Gasteiger partial charge in [-0.1, -0.05) is 13.3 Å². The van der Waals surface area contributed by atoms with Gasteiger partial charge in [0.15, 0.2) is 0 Å². The van der Waals surface area contributed by atoms with Gasteiger partial charge in [0.25, 0.3) is 0 Å². The van der Waals surface area contributed by atoms with E-state index in [-0.39, 0.29) is 0 Å². The van der Waals surface area contributed by atoms with Crippen molar-refractivity contribution in [3.8, 4) is 0 Å². The lowest BCUT2D eigenvalue weighted by atomic mass is 10.6. The van der Waals surface area contributed by atoms with E-state index in [0.717, 1.165) is 31.7 Å². The van der Waals surface area contributed by atoms with E-state index in [4.69, 9.17) is 14.6 Å². The first-order valence-corrected chi connectivity index (χ1v) is 7.45. The zero-order chi connectivity index (χ0) is 10.2. The quantitative estimate of drug-likeness (QED) is 0.615. The molecule has 0 amide bonds. The summed E-state index contributed by atoms with van der Waals surface area (Å²) in [5, 5.41) is 0. The first-order valence-electron chi connectivity index (χ1n) is 5.22. The third-order valence-corrected chi connectivity index (χ3v) is 5.91. The molecule has 0 aliphatic rings. The average Bonchev–Trinajstić information content (AvgIpc) is 2.06. The molecule has 0 heterocycles. The van der Waals surface area contributed by atoms with Gasteiger partial charge in [0.05, 0.1) is 0 Å². The summed E-state index contributed by atoms with van der Waals surface area (Å²) >= 11 is 0. The molecule has 0 aliphatic carbocycles. The largest absolute Gasteiger partial charge is 0.394 e. The Labute approximate surface area is 82.9 Å². The molecule has 0 aromatic heterocycles. The molecule has 3 nitrogen and oxygen atoms in total. The monoisotopic (exact) mass is 205 g/mol. The van der Waals surface area contributed by atoms with Crippen molar-refractivity contribution in [2.45, 2.75) is 39.3 Å². The molecule has 0 fully saturated rings. The van der Waals surface area contributed by atoms with Crippen molar-refractivity contribution in [3.63, 3.8) is 0 Å². The van der Waals surface area contributed by atoms with Crippen molar-refractivity contribution in [1.82, 2.24) is 0 Å². The van der Waals surface area contributed by atoms with Crippen LogP contribution in [0.25, 0.3) is 0 Å². The lowest BCUT2D eigenvalue weighted by molar-refractivity contribution is 0.182. The second kappa shape index (κ2) is 7.50. The van der Waals surface area contributed by atoms with Crippen LogP contribution < -0.4 is 5.73 Å². The number of nitrogens with two attached hydrogens (primary N) is 1. The summed E-state index contributed by atoms with van der Waals surface area (Å²) in [6, 6.07) is 1.98. The second-order valence-electron chi connectivity index (χ2n) is 3.07. The first-order chi connectivity index (χ1) is 6.24. The van der Waals surface area contributed by atoms with Crippen LogP contribution in [0.2, 0.25) is 12.1 Å². The molecule has 13 heavy (non-hydrogen) atoms. The van der Waals surface area contributed by atoms with E-state index in [2.05, 4.69) is 6.92 Å². The van der Waals surface area contributed by atoms with Crippen LogP contribution in [0.4, 0.5) is 0 Å². The van der Waals surface area contributed by atoms with Gasteiger partial charge in [0, 0.05) is 19.3 Å².